The molecule has 1 unspecified atom stereocenters. The summed E-state index contributed by atoms with van der Waals surface area (Å²) in [7, 11) is 0. The Morgan fingerprint density at radius 2 is 2.47 bits per heavy atom. The fraction of sp³-hybridized carbons (Fsp3) is 0.417. The van der Waals surface area contributed by atoms with Crippen molar-refractivity contribution in [2.24, 2.45) is 0 Å². The van der Waals surface area contributed by atoms with Crippen LogP contribution in [0.25, 0.3) is 0 Å². The van der Waals surface area contributed by atoms with Crippen LogP contribution in [0.4, 0.5) is 5.69 Å². The molecule has 0 amide bonds. The van der Waals surface area contributed by atoms with Crippen molar-refractivity contribution in [3.05, 3.63) is 23.8 Å². The zero-order valence-corrected chi connectivity index (χ0v) is 8.82. The van der Waals surface area contributed by atoms with Crippen LogP contribution in [0.1, 0.15) is 18.9 Å². The summed E-state index contributed by atoms with van der Waals surface area (Å²) in [5.74, 6) is 0.914. The van der Waals surface area contributed by atoms with Gasteiger partial charge in [0.1, 0.15) is 24.7 Å². The number of carbonyl (C=O) groups excluding carboxylic acids is 1. The van der Waals surface area contributed by atoms with Crippen molar-refractivity contribution in [1.29, 1.82) is 0 Å². The van der Waals surface area contributed by atoms with Gasteiger partial charge in [-0.05, 0) is 18.1 Å². The minimum atomic E-state index is -0.214. The van der Waals surface area contributed by atoms with Crippen LogP contribution in [0.5, 0.6) is 5.75 Å². The number of hydrogen-bond acceptors (Lipinski definition) is 3. The molecule has 1 aromatic rings. The number of para-hydroxylation sites is 1. The van der Waals surface area contributed by atoms with Gasteiger partial charge in [0, 0.05) is 0 Å². The summed E-state index contributed by atoms with van der Waals surface area (Å²) in [5.41, 5.74) is 2.15. The van der Waals surface area contributed by atoms with Gasteiger partial charge in [-0.15, -0.1) is 0 Å². The molecule has 1 aromatic carbocycles. The van der Waals surface area contributed by atoms with Crippen LogP contribution in [0.3, 0.4) is 0 Å². The summed E-state index contributed by atoms with van der Waals surface area (Å²) in [6.07, 6.45) is 2.99. The number of aldehydes is 1. The minimum absolute atomic E-state index is 0.214. The largest absolute Gasteiger partial charge is 0.489 e. The fourth-order valence-corrected chi connectivity index (χ4v) is 1.82. The van der Waals surface area contributed by atoms with Crippen molar-refractivity contribution < 1.29 is 9.53 Å². The maximum atomic E-state index is 10.6. The van der Waals surface area contributed by atoms with Crippen LogP contribution in [-0.2, 0) is 11.2 Å². The smallest absolute Gasteiger partial charge is 0.145 e. The fourth-order valence-electron chi connectivity index (χ4n) is 1.82. The lowest BCUT2D eigenvalue weighted by Crippen LogP contribution is -2.32. The molecule has 1 aliphatic heterocycles. The van der Waals surface area contributed by atoms with E-state index in [-0.39, 0.29) is 6.04 Å². The Balaban J connectivity index is 2.29. The Labute approximate surface area is 89.4 Å². The SMILES string of the molecule is CCCc1cccc2c1OCC(C=O)N2. The average molecular weight is 205 g/mol. The lowest BCUT2D eigenvalue weighted by atomic mass is 10.1. The van der Waals surface area contributed by atoms with E-state index in [1.807, 2.05) is 12.1 Å². The molecule has 0 bridgehead atoms. The molecule has 2 rings (SSSR count). The highest BCUT2D eigenvalue weighted by Crippen LogP contribution is 2.32. The van der Waals surface area contributed by atoms with Crippen LogP contribution in [-0.4, -0.2) is 18.9 Å². The van der Waals surface area contributed by atoms with E-state index in [1.54, 1.807) is 0 Å². The Morgan fingerprint density at radius 1 is 1.60 bits per heavy atom. The van der Waals surface area contributed by atoms with Crippen molar-refractivity contribution in [3.63, 3.8) is 0 Å². The van der Waals surface area contributed by atoms with Gasteiger partial charge >= 0.3 is 0 Å². The predicted octanol–water partition coefficient (Wildman–Crippen LogP) is 2.01. The van der Waals surface area contributed by atoms with Crippen molar-refractivity contribution in [2.75, 3.05) is 11.9 Å². The number of carbonyl (C=O) groups is 1. The van der Waals surface area contributed by atoms with Gasteiger partial charge in [-0.3, -0.25) is 0 Å². The average Bonchev–Trinajstić information content (AvgIpc) is 2.29. The predicted molar refractivity (Wildman–Crippen MR) is 59.4 cm³/mol. The van der Waals surface area contributed by atoms with Crippen LogP contribution >= 0.6 is 0 Å². The molecule has 0 saturated heterocycles. The number of anilines is 1. The molecule has 80 valence electrons. The molecule has 3 heteroatoms. The standard InChI is InChI=1S/C12H15NO2/c1-2-4-9-5-3-6-11-12(9)15-8-10(7-14)13-11/h3,5-7,10,13H,2,4,8H2,1H3. The van der Waals surface area contributed by atoms with E-state index < -0.39 is 0 Å². The first kappa shape index (κ1) is 10.0. The molecule has 3 nitrogen and oxygen atoms in total. The second-order valence-electron chi connectivity index (χ2n) is 3.74. The molecule has 1 N–H and O–H groups in total. The highest BCUT2D eigenvalue weighted by molar-refractivity contribution is 5.71. The number of rotatable bonds is 3. The van der Waals surface area contributed by atoms with Gasteiger partial charge < -0.3 is 14.8 Å². The Hall–Kier alpha value is -1.51. The third kappa shape index (κ3) is 1.96. The summed E-state index contributed by atoms with van der Waals surface area (Å²) in [6, 6.07) is 5.80. The molecule has 1 aliphatic rings. The summed E-state index contributed by atoms with van der Waals surface area (Å²) < 4.78 is 5.62. The van der Waals surface area contributed by atoms with E-state index in [1.165, 1.54) is 5.56 Å². The van der Waals surface area contributed by atoms with E-state index >= 15 is 0 Å². The molecule has 0 aliphatic carbocycles. The maximum absolute atomic E-state index is 10.6. The summed E-state index contributed by atoms with van der Waals surface area (Å²) in [6.45, 7) is 2.57. The van der Waals surface area contributed by atoms with Crippen molar-refractivity contribution in [3.8, 4) is 5.75 Å². The molecule has 0 saturated carbocycles. The van der Waals surface area contributed by atoms with Gasteiger partial charge in [-0.2, -0.15) is 0 Å². The van der Waals surface area contributed by atoms with Crippen LogP contribution < -0.4 is 10.1 Å². The Kier molecular flexibility index (Phi) is 2.90. The zero-order chi connectivity index (χ0) is 10.7. The molecule has 0 fully saturated rings. The third-order valence-corrected chi connectivity index (χ3v) is 2.53. The second kappa shape index (κ2) is 4.34. The van der Waals surface area contributed by atoms with Crippen LogP contribution in [0.15, 0.2) is 18.2 Å². The molecule has 0 spiro atoms. The van der Waals surface area contributed by atoms with E-state index in [0.29, 0.717) is 6.61 Å². The Morgan fingerprint density at radius 3 is 3.20 bits per heavy atom. The van der Waals surface area contributed by atoms with Gasteiger partial charge in [-0.1, -0.05) is 25.5 Å². The highest BCUT2D eigenvalue weighted by Gasteiger charge is 2.19. The second-order valence-corrected chi connectivity index (χ2v) is 3.74. The molecule has 0 radical (unpaired) electrons. The molecular weight excluding hydrogens is 190 g/mol. The first-order chi connectivity index (χ1) is 7.35. The van der Waals surface area contributed by atoms with Crippen molar-refractivity contribution in [1.82, 2.24) is 0 Å². The highest BCUT2D eigenvalue weighted by atomic mass is 16.5. The van der Waals surface area contributed by atoms with Gasteiger partial charge in [0.2, 0.25) is 0 Å². The lowest BCUT2D eigenvalue weighted by molar-refractivity contribution is -0.109. The van der Waals surface area contributed by atoms with Crippen molar-refractivity contribution in [2.45, 2.75) is 25.8 Å². The van der Waals surface area contributed by atoms with Crippen LogP contribution in [0.2, 0.25) is 0 Å². The number of nitrogens with one attached hydrogen (secondary N) is 1. The van der Waals surface area contributed by atoms with E-state index in [9.17, 15) is 4.79 Å². The summed E-state index contributed by atoms with van der Waals surface area (Å²) in [5, 5.41) is 3.15. The zero-order valence-electron chi connectivity index (χ0n) is 8.82. The number of ether oxygens (including phenoxy) is 1. The van der Waals surface area contributed by atoms with Gasteiger partial charge in [0.15, 0.2) is 0 Å². The maximum Gasteiger partial charge on any atom is 0.145 e. The van der Waals surface area contributed by atoms with Gasteiger partial charge in [0.05, 0.1) is 5.69 Å². The first-order valence-corrected chi connectivity index (χ1v) is 5.31. The number of benzene rings is 1. The first-order valence-electron chi connectivity index (χ1n) is 5.31. The van der Waals surface area contributed by atoms with E-state index in [2.05, 4.69) is 18.3 Å². The van der Waals surface area contributed by atoms with Gasteiger partial charge in [0.25, 0.3) is 0 Å². The van der Waals surface area contributed by atoms with Crippen LogP contribution in [0, 0.1) is 0 Å². The normalized spacial score (nSPS) is 18.6. The quantitative estimate of drug-likeness (QED) is 0.767. The minimum Gasteiger partial charge on any atom is -0.489 e. The molecule has 1 heterocycles. The molecular formula is C12H15NO2. The van der Waals surface area contributed by atoms with E-state index in [4.69, 9.17) is 4.74 Å². The molecule has 0 aromatic heterocycles. The molecule has 15 heavy (non-hydrogen) atoms. The number of hydrogen-bond donors (Lipinski definition) is 1. The Bertz CT molecular complexity index is 363. The van der Waals surface area contributed by atoms with Gasteiger partial charge in [-0.25, -0.2) is 0 Å². The molecule has 1 atom stereocenters. The van der Waals surface area contributed by atoms with E-state index in [0.717, 1.165) is 30.6 Å². The third-order valence-electron chi connectivity index (χ3n) is 2.53. The van der Waals surface area contributed by atoms with Crippen molar-refractivity contribution >= 4 is 12.0 Å². The number of fused-ring (bicyclic) bond motifs is 1. The topological polar surface area (TPSA) is 38.3 Å². The monoisotopic (exact) mass is 205 g/mol. The summed E-state index contributed by atoms with van der Waals surface area (Å²) in [4.78, 5) is 10.6. The summed E-state index contributed by atoms with van der Waals surface area (Å²) >= 11 is 0. The lowest BCUT2D eigenvalue weighted by Gasteiger charge is -2.25. The number of aryl methyl sites for hydroxylation is 1.